The van der Waals surface area contributed by atoms with Gasteiger partial charge >= 0.3 is 6.03 Å². The van der Waals surface area contributed by atoms with Crippen molar-refractivity contribution >= 4 is 23.1 Å². The Kier molecular flexibility index (Phi) is 5.50. The summed E-state index contributed by atoms with van der Waals surface area (Å²) in [4.78, 5) is 18.5. The third-order valence-corrected chi connectivity index (χ3v) is 6.57. The highest BCUT2D eigenvalue weighted by atomic mass is 32.1. The number of carbonyl (C=O) groups is 1. The molecule has 0 unspecified atom stereocenters. The second kappa shape index (κ2) is 8.20. The third kappa shape index (κ3) is 3.98. The Morgan fingerprint density at radius 1 is 1.00 bits per heavy atom. The Bertz CT molecular complexity index is 925. The lowest BCUT2D eigenvalue weighted by atomic mass is 10.2. The highest BCUT2D eigenvalue weighted by molar-refractivity contribution is 7.15. The van der Waals surface area contributed by atoms with Crippen LogP contribution in [0.2, 0.25) is 0 Å². The minimum absolute atomic E-state index is 0.00586. The molecular formula is C22H26N4OS. The molecular weight excluding hydrogens is 368 g/mol. The lowest BCUT2D eigenvalue weighted by Crippen LogP contribution is -2.49. The number of urea groups is 1. The van der Waals surface area contributed by atoms with Crippen molar-refractivity contribution in [2.45, 2.75) is 20.4 Å². The van der Waals surface area contributed by atoms with Gasteiger partial charge in [-0.3, -0.25) is 4.90 Å². The molecule has 146 valence electrons. The summed E-state index contributed by atoms with van der Waals surface area (Å²) in [5.41, 5.74) is 3.39. The van der Waals surface area contributed by atoms with Gasteiger partial charge in [0.15, 0.2) is 0 Å². The van der Waals surface area contributed by atoms with Crippen LogP contribution in [-0.2, 0) is 6.54 Å². The first-order valence-electron chi connectivity index (χ1n) is 9.67. The molecule has 4 rings (SSSR count). The molecule has 0 bridgehead atoms. The monoisotopic (exact) mass is 394 g/mol. The van der Waals surface area contributed by atoms with E-state index in [4.69, 9.17) is 0 Å². The van der Waals surface area contributed by atoms with E-state index in [-0.39, 0.29) is 6.03 Å². The van der Waals surface area contributed by atoms with Crippen molar-refractivity contribution in [3.8, 4) is 5.00 Å². The first-order chi connectivity index (χ1) is 13.6. The zero-order valence-corrected chi connectivity index (χ0v) is 17.2. The van der Waals surface area contributed by atoms with E-state index < -0.39 is 0 Å². The summed E-state index contributed by atoms with van der Waals surface area (Å²) in [6, 6.07) is 14.5. The number of hydrogen-bond donors (Lipinski definition) is 1. The van der Waals surface area contributed by atoms with Crippen LogP contribution >= 0.6 is 11.3 Å². The molecule has 2 aromatic heterocycles. The van der Waals surface area contributed by atoms with Gasteiger partial charge in [0.25, 0.3) is 0 Å². The molecule has 1 saturated heterocycles. The minimum Gasteiger partial charge on any atom is -0.322 e. The number of nitrogens with one attached hydrogen (secondary N) is 1. The van der Waals surface area contributed by atoms with Gasteiger partial charge < -0.3 is 14.8 Å². The highest BCUT2D eigenvalue weighted by Crippen LogP contribution is 2.35. The zero-order chi connectivity index (χ0) is 19.5. The number of carbonyl (C=O) groups excluding carboxylic acids is 1. The van der Waals surface area contributed by atoms with Gasteiger partial charge in [0.1, 0.15) is 5.00 Å². The van der Waals surface area contributed by atoms with Crippen LogP contribution in [0.15, 0.2) is 54.9 Å². The van der Waals surface area contributed by atoms with Crippen LogP contribution in [-0.4, -0.2) is 46.6 Å². The smallest absolute Gasteiger partial charge is 0.322 e. The van der Waals surface area contributed by atoms with E-state index in [0.29, 0.717) is 0 Å². The van der Waals surface area contributed by atoms with Gasteiger partial charge in [-0.25, -0.2) is 4.79 Å². The van der Waals surface area contributed by atoms with E-state index >= 15 is 0 Å². The van der Waals surface area contributed by atoms with Crippen molar-refractivity contribution in [3.63, 3.8) is 0 Å². The van der Waals surface area contributed by atoms with Gasteiger partial charge in [0, 0.05) is 50.0 Å². The first-order valence-corrected chi connectivity index (χ1v) is 10.5. The number of anilines is 1. The molecule has 3 heterocycles. The quantitative estimate of drug-likeness (QED) is 0.707. The van der Waals surface area contributed by atoms with Crippen LogP contribution in [0.4, 0.5) is 10.5 Å². The average molecular weight is 395 g/mol. The number of rotatable bonds is 4. The standard InChI is InChI=1S/C22H26N4OS/c1-17-18(2)28-21(25-10-6-7-11-25)20(17)23-22(27)26-14-12-24(13-15-26)16-19-8-4-3-5-9-19/h3-11H,12-16H2,1-2H3,(H,23,27). The molecule has 5 nitrogen and oxygen atoms in total. The Morgan fingerprint density at radius 3 is 2.36 bits per heavy atom. The summed E-state index contributed by atoms with van der Waals surface area (Å²) in [7, 11) is 0. The highest BCUT2D eigenvalue weighted by Gasteiger charge is 2.23. The van der Waals surface area contributed by atoms with E-state index in [1.165, 1.54) is 10.4 Å². The van der Waals surface area contributed by atoms with Crippen molar-refractivity contribution in [1.82, 2.24) is 14.4 Å². The number of aryl methyl sites for hydroxylation is 1. The number of amides is 2. The average Bonchev–Trinajstić information content (AvgIpc) is 3.34. The summed E-state index contributed by atoms with van der Waals surface area (Å²) >= 11 is 1.71. The van der Waals surface area contributed by atoms with E-state index in [9.17, 15) is 4.79 Å². The van der Waals surface area contributed by atoms with Crippen molar-refractivity contribution < 1.29 is 4.79 Å². The number of piperazine rings is 1. The fraction of sp³-hybridized carbons (Fsp3) is 0.318. The van der Waals surface area contributed by atoms with Crippen molar-refractivity contribution in [1.29, 1.82) is 0 Å². The topological polar surface area (TPSA) is 40.5 Å². The summed E-state index contributed by atoms with van der Waals surface area (Å²) in [5.74, 6) is 0. The third-order valence-electron chi connectivity index (χ3n) is 5.35. The van der Waals surface area contributed by atoms with E-state index in [0.717, 1.165) is 49.0 Å². The Hall–Kier alpha value is -2.57. The number of benzene rings is 1. The second-order valence-corrected chi connectivity index (χ2v) is 8.44. The maximum atomic E-state index is 12.9. The number of thiophene rings is 1. The van der Waals surface area contributed by atoms with Crippen LogP contribution in [0, 0.1) is 13.8 Å². The van der Waals surface area contributed by atoms with Gasteiger partial charge in [0.05, 0.1) is 5.69 Å². The van der Waals surface area contributed by atoms with E-state index in [1.807, 2.05) is 35.5 Å². The summed E-state index contributed by atoms with van der Waals surface area (Å²) in [6.45, 7) is 8.41. The molecule has 1 aromatic carbocycles. The molecule has 0 aliphatic carbocycles. The predicted molar refractivity (Wildman–Crippen MR) is 115 cm³/mol. The van der Waals surface area contributed by atoms with Crippen LogP contribution in [0.1, 0.15) is 16.0 Å². The molecule has 0 radical (unpaired) electrons. The SMILES string of the molecule is Cc1sc(-n2cccc2)c(NC(=O)N2CCN(Cc3ccccc3)CC2)c1C. The lowest BCUT2D eigenvalue weighted by Gasteiger charge is -2.34. The van der Waals surface area contributed by atoms with Gasteiger partial charge in [-0.15, -0.1) is 11.3 Å². The fourth-order valence-electron chi connectivity index (χ4n) is 3.54. The maximum Gasteiger partial charge on any atom is 0.322 e. The van der Waals surface area contributed by atoms with Crippen molar-refractivity contribution in [2.75, 3.05) is 31.5 Å². The van der Waals surface area contributed by atoms with Crippen molar-refractivity contribution in [2.24, 2.45) is 0 Å². The normalized spacial score (nSPS) is 15.0. The predicted octanol–water partition coefficient (Wildman–Crippen LogP) is 4.51. The first kappa shape index (κ1) is 18.8. The molecule has 3 aromatic rings. The van der Waals surface area contributed by atoms with Crippen LogP contribution < -0.4 is 5.32 Å². The number of aromatic nitrogens is 1. The second-order valence-electron chi connectivity index (χ2n) is 7.23. The lowest BCUT2D eigenvalue weighted by molar-refractivity contribution is 0.143. The molecule has 1 aliphatic heterocycles. The zero-order valence-electron chi connectivity index (χ0n) is 16.4. The molecule has 1 aliphatic rings. The number of nitrogens with zero attached hydrogens (tertiary/aromatic N) is 3. The van der Waals surface area contributed by atoms with Crippen LogP contribution in [0.5, 0.6) is 0 Å². The van der Waals surface area contributed by atoms with E-state index in [1.54, 1.807) is 11.3 Å². The number of hydrogen-bond acceptors (Lipinski definition) is 3. The van der Waals surface area contributed by atoms with Gasteiger partial charge in [-0.05, 0) is 37.1 Å². The maximum absolute atomic E-state index is 12.9. The van der Waals surface area contributed by atoms with Gasteiger partial charge in [-0.1, -0.05) is 30.3 Å². The minimum atomic E-state index is -0.00586. The van der Waals surface area contributed by atoms with Crippen LogP contribution in [0.25, 0.3) is 5.00 Å². The Balaban J connectivity index is 1.39. The molecule has 28 heavy (non-hydrogen) atoms. The molecule has 1 N–H and O–H groups in total. The van der Waals surface area contributed by atoms with Gasteiger partial charge in [-0.2, -0.15) is 0 Å². The summed E-state index contributed by atoms with van der Waals surface area (Å²) < 4.78 is 2.07. The van der Waals surface area contributed by atoms with Crippen molar-refractivity contribution in [3.05, 3.63) is 70.9 Å². The molecule has 2 amide bonds. The fourth-order valence-corrected chi connectivity index (χ4v) is 4.62. The van der Waals surface area contributed by atoms with Crippen LogP contribution in [0.3, 0.4) is 0 Å². The molecule has 1 fully saturated rings. The molecule has 0 spiro atoms. The summed E-state index contributed by atoms with van der Waals surface area (Å²) in [5, 5.41) is 4.25. The Morgan fingerprint density at radius 2 is 1.68 bits per heavy atom. The molecule has 0 saturated carbocycles. The van der Waals surface area contributed by atoms with Gasteiger partial charge in [0.2, 0.25) is 0 Å². The largest absolute Gasteiger partial charge is 0.322 e. The van der Waals surface area contributed by atoms with E-state index in [2.05, 4.69) is 52.9 Å². The Labute approximate surface area is 170 Å². The summed E-state index contributed by atoms with van der Waals surface area (Å²) in [6.07, 6.45) is 4.03. The molecule has 6 heteroatoms. The molecule has 0 atom stereocenters.